The molecule has 0 saturated heterocycles. The molecule has 0 amide bonds. The molecule has 5 nitrogen and oxygen atoms in total. The maximum absolute atomic E-state index is 5.70. The van der Waals surface area contributed by atoms with Crippen LogP contribution in [-0.2, 0) is 0 Å². The van der Waals surface area contributed by atoms with Gasteiger partial charge in [0.2, 0.25) is 0 Å². The van der Waals surface area contributed by atoms with Gasteiger partial charge in [-0.05, 0) is 243 Å². The van der Waals surface area contributed by atoms with Crippen LogP contribution in [0, 0.1) is 48.5 Å². The van der Waals surface area contributed by atoms with Crippen LogP contribution in [0.25, 0.3) is 120 Å². The number of benzene rings is 11. The van der Waals surface area contributed by atoms with Crippen molar-refractivity contribution in [2.24, 2.45) is 0 Å². The number of hydrogen-bond donors (Lipinski definition) is 0. The molecule has 18 aromatic rings. The van der Waals surface area contributed by atoms with E-state index in [1.54, 1.807) is 31.3 Å². The molecule has 0 N–H and O–H groups in total. The van der Waals surface area contributed by atoms with Gasteiger partial charge in [-0.1, -0.05) is 230 Å². The van der Waals surface area contributed by atoms with Gasteiger partial charge in [0, 0.05) is 41.9 Å². The molecule has 7 heterocycles. The number of rotatable bonds is 7. The highest BCUT2D eigenvalue weighted by molar-refractivity contribution is 7.17. The minimum Gasteiger partial charge on any atom is -0.464 e. The van der Waals surface area contributed by atoms with E-state index in [9.17, 15) is 0 Å². The highest BCUT2D eigenvalue weighted by Gasteiger charge is 2.16. The molecule has 0 atom stereocenters. The smallest absolute Gasteiger partial charge is 0.137 e. The van der Waals surface area contributed by atoms with E-state index in [0.29, 0.717) is 17.8 Å². The van der Waals surface area contributed by atoms with E-state index in [1.807, 2.05) is 96.3 Å². The van der Waals surface area contributed by atoms with Crippen LogP contribution >= 0.6 is 22.7 Å². The standard InChI is InChI=1S/C18H18O.3C15H12O.2C12H14S.C9H8O/c1-12(2)16-11-17(14-7-5-4-6-8-14)15-9-10-19-18(15)13(16)3;1-11-9-14(12-5-3-2-4-6-12)10-13-7-8-16-15(11)13;1-11-14(12-5-3-2-4-6-12)8-7-13-9-10-16-15(11)13;1-11-7-8-13(12-5-3-2-4-6-12)14-9-10-16-15(11)14;1-8(2)11-6-9(3)12-10(7-11)4-5-13-12;1-8(2)11-5-4-10-6-7-13-12(10)9(11)3;1-7-3-2-4-8-5-6-10-9(7)8/h4-12H,1-3H3;3*2-10H,1H3;2*4-8H,1-3H3;2-6H,1H3. The number of hydrogen-bond acceptors (Lipinski definition) is 7. The minimum atomic E-state index is 0.497. The van der Waals surface area contributed by atoms with Crippen LogP contribution in [0.4, 0.5) is 0 Å². The summed E-state index contributed by atoms with van der Waals surface area (Å²) in [7, 11) is 0. The summed E-state index contributed by atoms with van der Waals surface area (Å²) in [6.45, 7) is 28.3. The van der Waals surface area contributed by atoms with Gasteiger partial charge >= 0.3 is 0 Å². The van der Waals surface area contributed by atoms with Crippen LogP contribution in [0.2, 0.25) is 0 Å². The predicted molar refractivity (Wildman–Crippen MR) is 442 cm³/mol. The normalized spacial score (nSPS) is 11.0. The van der Waals surface area contributed by atoms with Gasteiger partial charge in [0.15, 0.2) is 0 Å². The molecule has 0 unspecified atom stereocenters. The van der Waals surface area contributed by atoms with Crippen LogP contribution < -0.4 is 0 Å². The van der Waals surface area contributed by atoms with E-state index < -0.39 is 0 Å². The lowest BCUT2D eigenvalue weighted by Gasteiger charge is -2.14. The fraction of sp³-hybridized carbons (Fsp3) is 0.167. The topological polar surface area (TPSA) is 65.7 Å². The second-order valence-electron chi connectivity index (χ2n) is 27.2. The molecule has 0 aliphatic carbocycles. The van der Waals surface area contributed by atoms with Gasteiger partial charge in [-0.15, -0.1) is 22.7 Å². The Morgan fingerprint density at radius 1 is 0.252 bits per heavy atom. The van der Waals surface area contributed by atoms with Gasteiger partial charge in [-0.25, -0.2) is 0 Å². The maximum Gasteiger partial charge on any atom is 0.137 e. The summed E-state index contributed by atoms with van der Waals surface area (Å²) in [6.07, 6.45) is 8.74. The van der Waals surface area contributed by atoms with Crippen molar-refractivity contribution in [1.82, 2.24) is 0 Å². The van der Waals surface area contributed by atoms with Crippen LogP contribution in [-0.4, -0.2) is 0 Å². The predicted octanol–water partition coefficient (Wildman–Crippen LogP) is 30.2. The van der Waals surface area contributed by atoms with Gasteiger partial charge in [0.25, 0.3) is 0 Å². The van der Waals surface area contributed by atoms with Crippen molar-refractivity contribution in [3.8, 4) is 44.5 Å². The average molecular weight is 1390 g/mol. The first-order valence-electron chi connectivity index (χ1n) is 35.5. The van der Waals surface area contributed by atoms with Gasteiger partial charge in [0.1, 0.15) is 27.9 Å². The monoisotopic (exact) mass is 1390 g/mol. The van der Waals surface area contributed by atoms with Crippen molar-refractivity contribution in [1.29, 1.82) is 0 Å². The Morgan fingerprint density at radius 3 is 1.35 bits per heavy atom. The van der Waals surface area contributed by atoms with E-state index in [0.717, 1.165) is 33.3 Å². The van der Waals surface area contributed by atoms with Gasteiger partial charge in [0.05, 0.1) is 31.3 Å². The van der Waals surface area contributed by atoms with Crippen LogP contribution in [0.3, 0.4) is 0 Å². The Kier molecular flexibility index (Phi) is 23.2. The molecule has 7 aromatic heterocycles. The third-order valence-electron chi connectivity index (χ3n) is 19.1. The zero-order valence-electron chi connectivity index (χ0n) is 61.3. The minimum absolute atomic E-state index is 0.497. The maximum atomic E-state index is 5.70. The van der Waals surface area contributed by atoms with Crippen molar-refractivity contribution < 1.29 is 22.1 Å². The van der Waals surface area contributed by atoms with E-state index in [4.69, 9.17) is 22.1 Å². The van der Waals surface area contributed by atoms with Crippen LogP contribution in [0.1, 0.15) is 115 Å². The molecule has 516 valence electrons. The van der Waals surface area contributed by atoms with Crippen molar-refractivity contribution >= 4 is 97.7 Å². The Morgan fingerprint density at radius 2 is 0.738 bits per heavy atom. The number of aryl methyl sites for hydroxylation is 7. The highest BCUT2D eigenvalue weighted by atomic mass is 32.1. The molecule has 0 aliphatic rings. The summed E-state index contributed by atoms with van der Waals surface area (Å²) in [6, 6.07) is 86.6. The Labute approximate surface area is 614 Å². The fourth-order valence-corrected chi connectivity index (χ4v) is 15.3. The van der Waals surface area contributed by atoms with E-state index in [-0.39, 0.29) is 0 Å². The molecule has 0 radical (unpaired) electrons. The Balaban J connectivity index is 0.000000114. The zero-order chi connectivity index (χ0) is 72.1. The summed E-state index contributed by atoms with van der Waals surface area (Å²) in [5.74, 6) is 1.76. The second kappa shape index (κ2) is 33.2. The first-order chi connectivity index (χ1) is 50.0. The summed E-state index contributed by atoms with van der Waals surface area (Å²) in [5.41, 5.74) is 28.1. The lowest BCUT2D eigenvalue weighted by Crippen LogP contribution is -1.94. The molecular weight excluding hydrogens is 1300 g/mol. The van der Waals surface area contributed by atoms with E-state index >= 15 is 0 Å². The van der Waals surface area contributed by atoms with E-state index in [2.05, 4.69) is 276 Å². The van der Waals surface area contributed by atoms with Gasteiger partial charge in [-0.2, -0.15) is 0 Å². The molecule has 18 rings (SSSR count). The zero-order valence-corrected chi connectivity index (χ0v) is 62.9. The average Bonchev–Trinajstić information content (AvgIpc) is 1.77. The second-order valence-corrected chi connectivity index (χ2v) is 29.1. The third kappa shape index (κ3) is 16.7. The molecule has 0 bridgehead atoms. The van der Waals surface area contributed by atoms with Crippen LogP contribution in [0.5, 0.6) is 0 Å². The van der Waals surface area contributed by atoms with Crippen molar-refractivity contribution in [2.45, 2.75) is 108 Å². The summed E-state index contributed by atoms with van der Waals surface area (Å²) in [5, 5.41) is 13.0. The molecular formula is C96H90O5S2. The van der Waals surface area contributed by atoms with E-state index in [1.165, 1.54) is 142 Å². The first-order valence-corrected chi connectivity index (χ1v) is 37.3. The molecule has 103 heavy (non-hydrogen) atoms. The van der Waals surface area contributed by atoms with Crippen molar-refractivity contribution in [3.63, 3.8) is 0 Å². The molecule has 7 heteroatoms. The molecule has 0 aliphatic heterocycles. The number of thiophene rings is 2. The largest absolute Gasteiger partial charge is 0.464 e. The lowest BCUT2D eigenvalue weighted by molar-refractivity contribution is 0.611. The highest BCUT2D eigenvalue weighted by Crippen LogP contribution is 2.38. The molecule has 0 fully saturated rings. The lowest BCUT2D eigenvalue weighted by atomic mass is 9.91. The fourth-order valence-electron chi connectivity index (χ4n) is 13.6. The quantitative estimate of drug-likeness (QED) is 0.159. The van der Waals surface area contributed by atoms with Gasteiger partial charge < -0.3 is 22.1 Å². The Bertz CT molecular complexity index is 5750. The van der Waals surface area contributed by atoms with Crippen molar-refractivity contribution in [2.75, 3.05) is 0 Å². The molecule has 0 spiro atoms. The first kappa shape index (κ1) is 71.9. The number of furan rings is 5. The summed E-state index contributed by atoms with van der Waals surface area (Å²) < 4.78 is 30.3. The molecule has 11 aromatic carbocycles. The number of fused-ring (bicyclic) bond motifs is 7. The Hall–Kier alpha value is -11.0. The summed E-state index contributed by atoms with van der Waals surface area (Å²) in [4.78, 5) is 0. The molecule has 0 saturated carbocycles. The van der Waals surface area contributed by atoms with Crippen molar-refractivity contribution in [3.05, 3.63) is 346 Å². The summed E-state index contributed by atoms with van der Waals surface area (Å²) >= 11 is 3.68. The third-order valence-corrected chi connectivity index (χ3v) is 21.2. The SMILES string of the molecule is Cc1c(-c2ccccc2)ccc2ccoc12.Cc1c(C(C)C)cc(-c2ccccc2)c2ccoc12.Cc1c(C(C)C)ccc2ccsc12.Cc1cc(-c2ccccc2)cc2ccoc12.Cc1cc(C(C)C)cc2ccsc12.Cc1ccc(-c2ccccc2)c2ccoc12.Cc1cccc2ccoc12. The number of para-hydroxylation sites is 1. The van der Waals surface area contributed by atoms with Gasteiger partial charge in [-0.3, -0.25) is 0 Å². The van der Waals surface area contributed by atoms with Crippen LogP contribution in [0.15, 0.2) is 313 Å².